The molecule has 1 aromatic heterocycles. The van der Waals surface area contributed by atoms with Crippen molar-refractivity contribution in [1.82, 2.24) is 4.98 Å². The SMILES string of the molecule is CCNc1ccc2cccnc2c1N. The number of nitrogens with two attached hydrogens (primary N) is 1. The number of anilines is 2. The number of nitrogens with one attached hydrogen (secondary N) is 1. The van der Waals surface area contributed by atoms with Crippen molar-refractivity contribution in [3.05, 3.63) is 30.5 Å². The molecule has 3 N–H and O–H groups in total. The van der Waals surface area contributed by atoms with Crippen LogP contribution in [0.2, 0.25) is 0 Å². The van der Waals surface area contributed by atoms with E-state index in [9.17, 15) is 0 Å². The normalized spacial score (nSPS) is 10.4. The van der Waals surface area contributed by atoms with E-state index < -0.39 is 0 Å². The highest BCUT2D eigenvalue weighted by Crippen LogP contribution is 2.26. The van der Waals surface area contributed by atoms with Crippen LogP contribution in [0.4, 0.5) is 11.4 Å². The zero-order valence-electron chi connectivity index (χ0n) is 8.12. The number of pyridine rings is 1. The Morgan fingerprint density at radius 2 is 2.21 bits per heavy atom. The lowest BCUT2D eigenvalue weighted by molar-refractivity contribution is 1.21. The molecule has 0 atom stereocenters. The number of hydrogen-bond donors (Lipinski definition) is 2. The molecule has 0 fully saturated rings. The summed E-state index contributed by atoms with van der Waals surface area (Å²) in [6.45, 7) is 2.91. The van der Waals surface area contributed by atoms with Crippen LogP contribution in [0.5, 0.6) is 0 Å². The number of nitrogen functional groups attached to an aromatic ring is 1. The van der Waals surface area contributed by atoms with Crippen molar-refractivity contribution in [3.8, 4) is 0 Å². The third-order valence-electron chi connectivity index (χ3n) is 2.18. The quantitative estimate of drug-likeness (QED) is 0.709. The van der Waals surface area contributed by atoms with Crippen LogP contribution >= 0.6 is 0 Å². The monoisotopic (exact) mass is 187 g/mol. The van der Waals surface area contributed by atoms with Gasteiger partial charge >= 0.3 is 0 Å². The van der Waals surface area contributed by atoms with E-state index in [0.29, 0.717) is 0 Å². The van der Waals surface area contributed by atoms with Crippen LogP contribution < -0.4 is 11.1 Å². The van der Waals surface area contributed by atoms with E-state index in [1.807, 2.05) is 31.2 Å². The summed E-state index contributed by atoms with van der Waals surface area (Å²) < 4.78 is 0. The third kappa shape index (κ3) is 1.37. The Balaban J connectivity index is 2.63. The van der Waals surface area contributed by atoms with E-state index in [0.717, 1.165) is 28.8 Å². The second kappa shape index (κ2) is 3.54. The average molecular weight is 187 g/mol. The van der Waals surface area contributed by atoms with Crippen LogP contribution in [0.3, 0.4) is 0 Å². The topological polar surface area (TPSA) is 50.9 Å². The molecule has 0 aliphatic rings. The predicted molar refractivity (Wildman–Crippen MR) is 60.3 cm³/mol. The minimum absolute atomic E-state index is 0.727. The van der Waals surface area contributed by atoms with E-state index in [-0.39, 0.29) is 0 Å². The van der Waals surface area contributed by atoms with Crippen molar-refractivity contribution in [2.75, 3.05) is 17.6 Å². The summed E-state index contributed by atoms with van der Waals surface area (Å²) >= 11 is 0. The van der Waals surface area contributed by atoms with Gasteiger partial charge in [0.05, 0.1) is 16.9 Å². The molecule has 0 radical (unpaired) electrons. The van der Waals surface area contributed by atoms with E-state index in [4.69, 9.17) is 5.73 Å². The Morgan fingerprint density at radius 3 is 3.00 bits per heavy atom. The third-order valence-corrected chi connectivity index (χ3v) is 2.18. The van der Waals surface area contributed by atoms with Crippen molar-refractivity contribution in [3.63, 3.8) is 0 Å². The van der Waals surface area contributed by atoms with Gasteiger partial charge in [-0.1, -0.05) is 12.1 Å². The molecule has 0 unspecified atom stereocenters. The smallest absolute Gasteiger partial charge is 0.0952 e. The lowest BCUT2D eigenvalue weighted by Gasteiger charge is -2.08. The van der Waals surface area contributed by atoms with Gasteiger partial charge in [0, 0.05) is 18.1 Å². The van der Waals surface area contributed by atoms with Gasteiger partial charge in [-0.05, 0) is 19.1 Å². The molecule has 3 heteroatoms. The fourth-order valence-corrected chi connectivity index (χ4v) is 1.51. The highest BCUT2D eigenvalue weighted by atomic mass is 14.9. The Kier molecular flexibility index (Phi) is 2.23. The molecule has 0 saturated heterocycles. The molecule has 0 aliphatic heterocycles. The van der Waals surface area contributed by atoms with E-state index >= 15 is 0 Å². The first-order valence-corrected chi connectivity index (χ1v) is 4.70. The summed E-state index contributed by atoms with van der Waals surface area (Å²) in [7, 11) is 0. The Hall–Kier alpha value is -1.77. The van der Waals surface area contributed by atoms with Crippen molar-refractivity contribution >= 4 is 22.3 Å². The van der Waals surface area contributed by atoms with Gasteiger partial charge in [-0.15, -0.1) is 0 Å². The fraction of sp³-hybridized carbons (Fsp3) is 0.182. The summed E-state index contributed by atoms with van der Waals surface area (Å²) in [5.74, 6) is 0. The molecule has 2 aromatic rings. The summed E-state index contributed by atoms with van der Waals surface area (Å²) in [5.41, 5.74) is 8.53. The van der Waals surface area contributed by atoms with Crippen LogP contribution in [0.1, 0.15) is 6.92 Å². The number of nitrogens with zero attached hydrogens (tertiary/aromatic N) is 1. The maximum atomic E-state index is 5.98. The highest BCUT2D eigenvalue weighted by Gasteiger charge is 2.03. The van der Waals surface area contributed by atoms with Crippen LogP contribution in [0.15, 0.2) is 30.5 Å². The Labute approximate surface area is 83.0 Å². The highest BCUT2D eigenvalue weighted by molar-refractivity contribution is 5.95. The fourth-order valence-electron chi connectivity index (χ4n) is 1.51. The first kappa shape index (κ1) is 8.81. The van der Waals surface area contributed by atoms with Gasteiger partial charge in [-0.3, -0.25) is 4.98 Å². The van der Waals surface area contributed by atoms with Crippen LogP contribution in [-0.2, 0) is 0 Å². The molecule has 1 aromatic carbocycles. The molecule has 14 heavy (non-hydrogen) atoms. The summed E-state index contributed by atoms with van der Waals surface area (Å²) in [6, 6.07) is 7.93. The number of fused-ring (bicyclic) bond motifs is 1. The minimum Gasteiger partial charge on any atom is -0.395 e. The Bertz CT molecular complexity index is 451. The van der Waals surface area contributed by atoms with Gasteiger partial charge < -0.3 is 11.1 Å². The minimum atomic E-state index is 0.727. The van der Waals surface area contributed by atoms with Gasteiger partial charge in [-0.2, -0.15) is 0 Å². The van der Waals surface area contributed by atoms with Crippen LogP contribution in [-0.4, -0.2) is 11.5 Å². The number of hydrogen-bond acceptors (Lipinski definition) is 3. The molecular weight excluding hydrogens is 174 g/mol. The van der Waals surface area contributed by atoms with Gasteiger partial charge in [0.2, 0.25) is 0 Å². The zero-order valence-corrected chi connectivity index (χ0v) is 8.12. The maximum absolute atomic E-state index is 5.98. The summed E-state index contributed by atoms with van der Waals surface area (Å²) in [6.07, 6.45) is 1.76. The molecule has 1 heterocycles. The zero-order chi connectivity index (χ0) is 9.97. The summed E-state index contributed by atoms with van der Waals surface area (Å²) in [5, 5.41) is 4.28. The molecule has 0 saturated carbocycles. The molecule has 2 rings (SSSR count). The second-order valence-electron chi connectivity index (χ2n) is 3.13. The number of benzene rings is 1. The summed E-state index contributed by atoms with van der Waals surface area (Å²) in [4.78, 5) is 4.26. The van der Waals surface area contributed by atoms with Gasteiger partial charge in [-0.25, -0.2) is 0 Å². The molecular formula is C11H13N3. The van der Waals surface area contributed by atoms with Crippen molar-refractivity contribution in [2.24, 2.45) is 0 Å². The molecule has 0 amide bonds. The molecule has 0 aliphatic carbocycles. The van der Waals surface area contributed by atoms with Crippen LogP contribution in [0, 0.1) is 0 Å². The van der Waals surface area contributed by atoms with E-state index in [1.54, 1.807) is 6.20 Å². The van der Waals surface area contributed by atoms with Gasteiger partial charge in [0.25, 0.3) is 0 Å². The second-order valence-corrected chi connectivity index (χ2v) is 3.13. The molecule has 0 bridgehead atoms. The maximum Gasteiger partial charge on any atom is 0.0952 e. The number of rotatable bonds is 2. The average Bonchev–Trinajstić information content (AvgIpc) is 2.23. The van der Waals surface area contributed by atoms with Gasteiger partial charge in [0.15, 0.2) is 0 Å². The van der Waals surface area contributed by atoms with Crippen molar-refractivity contribution in [1.29, 1.82) is 0 Å². The molecule has 72 valence electrons. The standard InChI is InChI=1S/C11H13N3/c1-2-13-9-6-5-8-4-3-7-14-11(8)10(9)12/h3-7,13H,2,12H2,1H3. The number of aromatic nitrogens is 1. The largest absolute Gasteiger partial charge is 0.395 e. The Morgan fingerprint density at radius 1 is 1.36 bits per heavy atom. The lowest BCUT2D eigenvalue weighted by atomic mass is 10.1. The van der Waals surface area contributed by atoms with Gasteiger partial charge in [0.1, 0.15) is 0 Å². The first-order chi connectivity index (χ1) is 6.83. The van der Waals surface area contributed by atoms with Crippen molar-refractivity contribution < 1.29 is 0 Å². The molecule has 3 nitrogen and oxygen atoms in total. The van der Waals surface area contributed by atoms with E-state index in [2.05, 4.69) is 10.3 Å². The van der Waals surface area contributed by atoms with E-state index in [1.165, 1.54) is 0 Å². The predicted octanol–water partition coefficient (Wildman–Crippen LogP) is 2.25. The molecule has 0 spiro atoms. The van der Waals surface area contributed by atoms with Crippen LogP contribution in [0.25, 0.3) is 10.9 Å². The first-order valence-electron chi connectivity index (χ1n) is 4.70. The van der Waals surface area contributed by atoms with Crippen molar-refractivity contribution in [2.45, 2.75) is 6.92 Å². The lowest BCUT2D eigenvalue weighted by Crippen LogP contribution is -2.01.